The topological polar surface area (TPSA) is 78.7 Å². The van der Waals surface area contributed by atoms with Gasteiger partial charge in [-0.15, -0.1) is 10.2 Å². The van der Waals surface area contributed by atoms with Gasteiger partial charge in [0, 0.05) is 22.5 Å². The molecule has 0 saturated heterocycles. The van der Waals surface area contributed by atoms with Gasteiger partial charge in [-0.25, -0.2) is 0 Å². The molecule has 0 saturated carbocycles. The summed E-state index contributed by atoms with van der Waals surface area (Å²) in [6.07, 6.45) is 1.65. The highest BCUT2D eigenvalue weighted by Crippen LogP contribution is 2.20. The standard InChI is InChI=1S/C21H21N5O2/c1-14-7-4-5-9-18(14)21-22-24-26(23-21)13-20(27)19-11-15(2)25(16(19)3)12-17-8-6-10-28-17/h4-11H,12-13H2,1-3H3. The van der Waals surface area contributed by atoms with E-state index in [2.05, 4.69) is 20.0 Å². The molecule has 0 unspecified atom stereocenters. The van der Waals surface area contributed by atoms with Gasteiger partial charge in [0.25, 0.3) is 0 Å². The molecule has 3 heterocycles. The number of carbonyl (C=O) groups excluding carboxylic acids is 1. The maximum absolute atomic E-state index is 12.9. The average Bonchev–Trinajstić information content (AvgIpc) is 3.40. The van der Waals surface area contributed by atoms with Crippen LogP contribution in [0.1, 0.15) is 33.1 Å². The number of ketones is 1. The Balaban J connectivity index is 1.54. The number of hydrogen-bond acceptors (Lipinski definition) is 5. The molecule has 3 aromatic heterocycles. The summed E-state index contributed by atoms with van der Waals surface area (Å²) in [6, 6.07) is 13.5. The van der Waals surface area contributed by atoms with Gasteiger partial charge in [-0.05, 0) is 49.7 Å². The summed E-state index contributed by atoms with van der Waals surface area (Å²) in [6.45, 7) is 6.56. The summed E-state index contributed by atoms with van der Waals surface area (Å²) in [7, 11) is 0. The number of rotatable bonds is 6. The summed E-state index contributed by atoms with van der Waals surface area (Å²) < 4.78 is 7.50. The molecule has 0 radical (unpaired) electrons. The van der Waals surface area contributed by atoms with Crippen molar-refractivity contribution in [3.63, 3.8) is 0 Å². The molecule has 0 spiro atoms. The van der Waals surface area contributed by atoms with E-state index in [1.165, 1.54) is 4.80 Å². The predicted molar refractivity (Wildman–Crippen MR) is 104 cm³/mol. The smallest absolute Gasteiger partial charge is 0.205 e. The number of hydrogen-bond donors (Lipinski definition) is 0. The van der Waals surface area contributed by atoms with Crippen LogP contribution in [0.5, 0.6) is 0 Å². The van der Waals surface area contributed by atoms with E-state index in [1.807, 2.05) is 63.2 Å². The monoisotopic (exact) mass is 375 g/mol. The van der Waals surface area contributed by atoms with Crippen LogP contribution in [-0.2, 0) is 13.1 Å². The van der Waals surface area contributed by atoms with E-state index in [-0.39, 0.29) is 12.3 Å². The average molecular weight is 375 g/mol. The van der Waals surface area contributed by atoms with Crippen LogP contribution in [0.2, 0.25) is 0 Å². The molecule has 4 aromatic rings. The molecule has 0 aliphatic heterocycles. The second-order valence-corrected chi connectivity index (χ2v) is 6.83. The molecule has 0 bridgehead atoms. The third kappa shape index (κ3) is 3.38. The first-order chi connectivity index (χ1) is 13.5. The minimum absolute atomic E-state index is 0.0456. The third-order valence-corrected chi connectivity index (χ3v) is 4.89. The molecule has 7 nitrogen and oxygen atoms in total. The molecule has 0 atom stereocenters. The Bertz CT molecular complexity index is 1120. The second-order valence-electron chi connectivity index (χ2n) is 6.83. The van der Waals surface area contributed by atoms with Gasteiger partial charge in [0.1, 0.15) is 12.3 Å². The van der Waals surface area contributed by atoms with Crippen LogP contribution < -0.4 is 0 Å². The van der Waals surface area contributed by atoms with E-state index in [0.29, 0.717) is 17.9 Å². The van der Waals surface area contributed by atoms with Crippen molar-refractivity contribution >= 4 is 5.78 Å². The van der Waals surface area contributed by atoms with Crippen molar-refractivity contribution in [2.75, 3.05) is 0 Å². The molecule has 0 N–H and O–H groups in total. The highest BCUT2D eigenvalue weighted by atomic mass is 16.3. The first kappa shape index (κ1) is 17.9. The maximum atomic E-state index is 12.9. The zero-order valence-electron chi connectivity index (χ0n) is 16.1. The minimum atomic E-state index is -0.0486. The highest BCUT2D eigenvalue weighted by Gasteiger charge is 2.18. The fourth-order valence-corrected chi connectivity index (χ4v) is 3.34. The molecule has 7 heteroatoms. The first-order valence-electron chi connectivity index (χ1n) is 9.09. The maximum Gasteiger partial charge on any atom is 0.205 e. The number of aryl methyl sites for hydroxylation is 2. The summed E-state index contributed by atoms with van der Waals surface area (Å²) in [5.41, 5.74) is 4.55. The summed E-state index contributed by atoms with van der Waals surface area (Å²) in [4.78, 5) is 14.2. The van der Waals surface area contributed by atoms with Crippen molar-refractivity contribution in [1.82, 2.24) is 24.8 Å². The van der Waals surface area contributed by atoms with Gasteiger partial charge in [0.15, 0.2) is 5.78 Å². The van der Waals surface area contributed by atoms with E-state index in [9.17, 15) is 4.79 Å². The van der Waals surface area contributed by atoms with Crippen LogP contribution in [0, 0.1) is 20.8 Å². The van der Waals surface area contributed by atoms with Gasteiger partial charge in [0.05, 0.1) is 12.8 Å². The van der Waals surface area contributed by atoms with E-state index in [4.69, 9.17) is 4.42 Å². The van der Waals surface area contributed by atoms with Gasteiger partial charge in [-0.1, -0.05) is 24.3 Å². The number of carbonyl (C=O) groups is 1. The van der Waals surface area contributed by atoms with E-state index in [1.54, 1.807) is 6.26 Å². The lowest BCUT2D eigenvalue weighted by Gasteiger charge is -2.07. The van der Waals surface area contributed by atoms with Crippen molar-refractivity contribution in [1.29, 1.82) is 0 Å². The molecule has 0 aliphatic carbocycles. The third-order valence-electron chi connectivity index (χ3n) is 4.89. The molecule has 28 heavy (non-hydrogen) atoms. The normalized spacial score (nSPS) is 11.1. The molecule has 0 amide bonds. The van der Waals surface area contributed by atoms with Crippen LogP contribution >= 0.6 is 0 Å². The lowest BCUT2D eigenvalue weighted by atomic mass is 10.1. The van der Waals surface area contributed by atoms with Crippen LogP contribution in [0.25, 0.3) is 11.4 Å². The van der Waals surface area contributed by atoms with Gasteiger partial charge in [-0.2, -0.15) is 4.80 Å². The van der Waals surface area contributed by atoms with Crippen LogP contribution in [0.4, 0.5) is 0 Å². The SMILES string of the molecule is Cc1ccccc1-c1nnn(CC(=O)c2cc(C)n(Cc3ccco3)c2C)n1. The second kappa shape index (κ2) is 7.26. The number of tetrazole rings is 1. The van der Waals surface area contributed by atoms with Crippen molar-refractivity contribution in [3.05, 3.63) is 77.0 Å². The number of nitrogens with zero attached hydrogens (tertiary/aromatic N) is 5. The molecule has 142 valence electrons. The Hall–Kier alpha value is -3.48. The quantitative estimate of drug-likeness (QED) is 0.481. The Labute approximate surface area is 162 Å². The lowest BCUT2D eigenvalue weighted by molar-refractivity contribution is 0.0960. The van der Waals surface area contributed by atoms with Crippen molar-refractivity contribution in [2.45, 2.75) is 33.9 Å². The van der Waals surface area contributed by atoms with E-state index >= 15 is 0 Å². The van der Waals surface area contributed by atoms with Gasteiger partial charge < -0.3 is 8.98 Å². The summed E-state index contributed by atoms with van der Waals surface area (Å²) in [5.74, 6) is 1.32. The van der Waals surface area contributed by atoms with Gasteiger partial charge in [-0.3, -0.25) is 4.79 Å². The Kier molecular flexibility index (Phi) is 4.65. The fraction of sp³-hybridized carbons (Fsp3) is 0.238. The van der Waals surface area contributed by atoms with E-state index in [0.717, 1.165) is 28.3 Å². The van der Waals surface area contributed by atoms with Crippen molar-refractivity contribution < 1.29 is 9.21 Å². The van der Waals surface area contributed by atoms with Crippen LogP contribution in [0.3, 0.4) is 0 Å². The molecule has 0 fully saturated rings. The summed E-state index contributed by atoms with van der Waals surface area (Å²) >= 11 is 0. The summed E-state index contributed by atoms with van der Waals surface area (Å²) in [5, 5.41) is 12.5. The molecular weight excluding hydrogens is 354 g/mol. The molecular formula is C21H21N5O2. The zero-order valence-corrected chi connectivity index (χ0v) is 16.1. The van der Waals surface area contributed by atoms with Gasteiger partial charge >= 0.3 is 0 Å². The zero-order chi connectivity index (χ0) is 19.7. The number of aromatic nitrogens is 5. The predicted octanol–water partition coefficient (Wildman–Crippen LogP) is 3.59. The van der Waals surface area contributed by atoms with E-state index < -0.39 is 0 Å². The van der Waals surface area contributed by atoms with Crippen molar-refractivity contribution in [2.24, 2.45) is 0 Å². The fourth-order valence-electron chi connectivity index (χ4n) is 3.34. The van der Waals surface area contributed by atoms with Crippen molar-refractivity contribution in [3.8, 4) is 11.4 Å². The largest absolute Gasteiger partial charge is 0.467 e. The molecule has 4 rings (SSSR count). The Morgan fingerprint density at radius 1 is 1.11 bits per heavy atom. The number of Topliss-reactive ketones (excluding diaryl/α,β-unsaturated/α-hetero) is 1. The molecule has 0 aliphatic rings. The van der Waals surface area contributed by atoms with Crippen LogP contribution in [0.15, 0.2) is 53.1 Å². The highest BCUT2D eigenvalue weighted by molar-refractivity contribution is 5.97. The minimum Gasteiger partial charge on any atom is -0.467 e. The Morgan fingerprint density at radius 2 is 1.93 bits per heavy atom. The Morgan fingerprint density at radius 3 is 2.68 bits per heavy atom. The lowest BCUT2D eigenvalue weighted by Crippen LogP contribution is -2.14. The van der Waals surface area contributed by atoms with Gasteiger partial charge in [0.2, 0.25) is 5.82 Å². The molecule has 1 aromatic carbocycles. The number of furan rings is 1. The first-order valence-corrected chi connectivity index (χ1v) is 9.09. The van der Waals surface area contributed by atoms with Crippen LogP contribution in [-0.4, -0.2) is 30.6 Å². The number of benzene rings is 1.